The van der Waals surface area contributed by atoms with Crippen LogP contribution in [0.15, 0.2) is 48.5 Å². The normalized spacial score (nSPS) is 13.4. The Morgan fingerprint density at radius 3 is 2.38 bits per heavy atom. The summed E-state index contributed by atoms with van der Waals surface area (Å²) in [6.07, 6.45) is 0. The molecule has 0 saturated heterocycles. The summed E-state index contributed by atoms with van der Waals surface area (Å²) in [4.78, 5) is 14.4. The van der Waals surface area contributed by atoms with E-state index in [1.807, 2.05) is 37.3 Å². The molecule has 5 heteroatoms. The molecule has 1 N–H and O–H groups in total. The highest BCUT2D eigenvalue weighted by atomic mass is 19.1. The second-order valence-corrected chi connectivity index (χ2v) is 5.69. The summed E-state index contributed by atoms with van der Waals surface area (Å²) in [5.74, 6) is -1.34. The molecule has 2 unspecified atom stereocenters. The average Bonchev–Trinajstić information content (AvgIpc) is 2.56. The van der Waals surface area contributed by atoms with E-state index in [4.69, 9.17) is 0 Å². The SMILES string of the molecule is CCN(C(=O)C(C)NC(C)c1ccc(F)cc1F)c1ccccc1. The van der Waals surface area contributed by atoms with E-state index in [0.29, 0.717) is 12.1 Å². The molecule has 0 bridgehead atoms. The number of nitrogens with one attached hydrogen (secondary N) is 1. The van der Waals surface area contributed by atoms with E-state index in [9.17, 15) is 13.6 Å². The molecule has 128 valence electrons. The van der Waals surface area contributed by atoms with Gasteiger partial charge < -0.3 is 4.90 Å². The molecule has 0 heterocycles. The number of benzene rings is 2. The zero-order valence-electron chi connectivity index (χ0n) is 14.1. The van der Waals surface area contributed by atoms with Crippen LogP contribution in [0.1, 0.15) is 32.4 Å². The number of para-hydroxylation sites is 1. The van der Waals surface area contributed by atoms with Crippen LogP contribution in [0.25, 0.3) is 0 Å². The van der Waals surface area contributed by atoms with Gasteiger partial charge in [0.15, 0.2) is 0 Å². The predicted molar refractivity (Wildman–Crippen MR) is 91.8 cm³/mol. The quantitative estimate of drug-likeness (QED) is 0.865. The average molecular weight is 332 g/mol. The Bertz CT molecular complexity index is 691. The van der Waals surface area contributed by atoms with Crippen molar-refractivity contribution < 1.29 is 13.6 Å². The second-order valence-electron chi connectivity index (χ2n) is 5.69. The van der Waals surface area contributed by atoms with E-state index in [0.717, 1.165) is 11.8 Å². The number of anilines is 1. The minimum Gasteiger partial charge on any atom is -0.311 e. The first kappa shape index (κ1) is 18.1. The van der Waals surface area contributed by atoms with Gasteiger partial charge in [-0.05, 0) is 39.0 Å². The number of carbonyl (C=O) groups excluding carboxylic acids is 1. The fourth-order valence-corrected chi connectivity index (χ4v) is 2.70. The first-order chi connectivity index (χ1) is 11.4. The van der Waals surface area contributed by atoms with Crippen molar-refractivity contribution in [3.63, 3.8) is 0 Å². The van der Waals surface area contributed by atoms with Crippen molar-refractivity contribution in [1.29, 1.82) is 0 Å². The van der Waals surface area contributed by atoms with Gasteiger partial charge in [-0.3, -0.25) is 10.1 Å². The van der Waals surface area contributed by atoms with E-state index in [2.05, 4.69) is 5.32 Å². The largest absolute Gasteiger partial charge is 0.311 e. The van der Waals surface area contributed by atoms with Gasteiger partial charge in [-0.25, -0.2) is 8.78 Å². The van der Waals surface area contributed by atoms with Crippen LogP contribution in [-0.4, -0.2) is 18.5 Å². The molecule has 0 aliphatic carbocycles. The lowest BCUT2D eigenvalue weighted by atomic mass is 10.1. The number of amides is 1. The molecule has 2 rings (SSSR count). The summed E-state index contributed by atoms with van der Waals surface area (Å²) in [7, 11) is 0. The molecule has 1 amide bonds. The molecule has 0 radical (unpaired) electrons. The Labute approximate surface area is 141 Å². The molecule has 0 fully saturated rings. The third-order valence-corrected chi connectivity index (χ3v) is 3.95. The minimum atomic E-state index is -0.620. The fraction of sp³-hybridized carbons (Fsp3) is 0.316. The van der Waals surface area contributed by atoms with Gasteiger partial charge in [0.05, 0.1) is 6.04 Å². The lowest BCUT2D eigenvalue weighted by Gasteiger charge is -2.27. The van der Waals surface area contributed by atoms with Gasteiger partial charge in [-0.2, -0.15) is 0 Å². The first-order valence-electron chi connectivity index (χ1n) is 8.01. The lowest BCUT2D eigenvalue weighted by Crippen LogP contribution is -2.45. The van der Waals surface area contributed by atoms with Crippen molar-refractivity contribution >= 4 is 11.6 Å². The number of hydrogen-bond acceptors (Lipinski definition) is 2. The molecule has 2 aromatic rings. The van der Waals surface area contributed by atoms with Gasteiger partial charge in [0.25, 0.3) is 0 Å². The molecule has 2 atom stereocenters. The van der Waals surface area contributed by atoms with Crippen LogP contribution in [0.4, 0.5) is 14.5 Å². The Morgan fingerprint density at radius 2 is 1.79 bits per heavy atom. The topological polar surface area (TPSA) is 32.3 Å². The number of nitrogens with zero attached hydrogens (tertiary/aromatic N) is 1. The minimum absolute atomic E-state index is 0.0990. The summed E-state index contributed by atoms with van der Waals surface area (Å²) in [5, 5.41) is 3.09. The molecule has 2 aromatic carbocycles. The van der Waals surface area contributed by atoms with Crippen molar-refractivity contribution in [3.05, 3.63) is 65.7 Å². The van der Waals surface area contributed by atoms with Gasteiger partial charge in [-0.1, -0.05) is 24.3 Å². The zero-order chi connectivity index (χ0) is 17.7. The molecule has 0 aliphatic rings. The van der Waals surface area contributed by atoms with Crippen LogP contribution in [0.2, 0.25) is 0 Å². The van der Waals surface area contributed by atoms with E-state index < -0.39 is 23.7 Å². The van der Waals surface area contributed by atoms with Crippen LogP contribution in [-0.2, 0) is 4.79 Å². The lowest BCUT2D eigenvalue weighted by molar-refractivity contribution is -0.120. The number of rotatable bonds is 6. The highest BCUT2D eigenvalue weighted by Gasteiger charge is 2.23. The van der Waals surface area contributed by atoms with Gasteiger partial charge in [0, 0.05) is 29.9 Å². The third-order valence-electron chi connectivity index (χ3n) is 3.95. The first-order valence-corrected chi connectivity index (χ1v) is 8.01. The van der Waals surface area contributed by atoms with Crippen molar-refractivity contribution in [2.24, 2.45) is 0 Å². The Morgan fingerprint density at radius 1 is 1.12 bits per heavy atom. The van der Waals surface area contributed by atoms with Crippen LogP contribution in [0.3, 0.4) is 0 Å². The second kappa shape index (κ2) is 8.02. The highest BCUT2D eigenvalue weighted by molar-refractivity contribution is 5.96. The Balaban J connectivity index is 2.10. The summed E-state index contributed by atoms with van der Waals surface area (Å²) >= 11 is 0. The summed E-state index contributed by atoms with van der Waals surface area (Å²) in [6.45, 7) is 5.93. The standard InChI is InChI=1S/C19H22F2N2O/c1-4-23(16-8-6-5-7-9-16)19(24)14(3)22-13(2)17-11-10-15(20)12-18(17)21/h5-14,22H,4H2,1-3H3. The van der Waals surface area contributed by atoms with E-state index in [-0.39, 0.29) is 5.91 Å². The van der Waals surface area contributed by atoms with Gasteiger partial charge in [0.1, 0.15) is 11.6 Å². The third kappa shape index (κ3) is 4.17. The van der Waals surface area contributed by atoms with Crippen molar-refractivity contribution in [1.82, 2.24) is 5.32 Å². The maximum atomic E-state index is 13.9. The van der Waals surface area contributed by atoms with Crippen molar-refractivity contribution in [2.75, 3.05) is 11.4 Å². The Hall–Kier alpha value is -2.27. The molecule has 0 aliphatic heterocycles. The maximum Gasteiger partial charge on any atom is 0.243 e. The van der Waals surface area contributed by atoms with Crippen LogP contribution in [0.5, 0.6) is 0 Å². The highest BCUT2D eigenvalue weighted by Crippen LogP contribution is 2.19. The molecule has 24 heavy (non-hydrogen) atoms. The van der Waals surface area contributed by atoms with E-state index in [1.54, 1.807) is 18.7 Å². The number of halogens is 2. The summed E-state index contributed by atoms with van der Waals surface area (Å²) in [6, 6.07) is 11.9. The van der Waals surface area contributed by atoms with Gasteiger partial charge in [-0.15, -0.1) is 0 Å². The number of hydrogen-bond donors (Lipinski definition) is 1. The van der Waals surface area contributed by atoms with Gasteiger partial charge >= 0.3 is 0 Å². The molecular weight excluding hydrogens is 310 g/mol. The number of carbonyl (C=O) groups is 1. The summed E-state index contributed by atoms with van der Waals surface area (Å²) in [5.41, 5.74) is 1.15. The smallest absolute Gasteiger partial charge is 0.243 e. The van der Waals surface area contributed by atoms with Gasteiger partial charge in [0.2, 0.25) is 5.91 Å². The van der Waals surface area contributed by atoms with Crippen LogP contribution in [0, 0.1) is 11.6 Å². The van der Waals surface area contributed by atoms with E-state index >= 15 is 0 Å². The molecule has 0 spiro atoms. The van der Waals surface area contributed by atoms with Crippen molar-refractivity contribution in [2.45, 2.75) is 32.9 Å². The van der Waals surface area contributed by atoms with Crippen LogP contribution >= 0.6 is 0 Å². The van der Waals surface area contributed by atoms with Crippen LogP contribution < -0.4 is 10.2 Å². The molecule has 0 aromatic heterocycles. The fourth-order valence-electron chi connectivity index (χ4n) is 2.70. The molecular formula is C19H22F2N2O. The molecule has 0 saturated carbocycles. The van der Waals surface area contributed by atoms with Crippen molar-refractivity contribution in [3.8, 4) is 0 Å². The maximum absolute atomic E-state index is 13.9. The monoisotopic (exact) mass is 332 g/mol. The van der Waals surface area contributed by atoms with E-state index in [1.165, 1.54) is 12.1 Å². The summed E-state index contributed by atoms with van der Waals surface area (Å²) < 4.78 is 26.9. The molecule has 3 nitrogen and oxygen atoms in total. The number of likely N-dealkylation sites (N-methyl/N-ethyl adjacent to an activating group) is 1. The zero-order valence-corrected chi connectivity index (χ0v) is 14.1. The predicted octanol–water partition coefficient (Wildman–Crippen LogP) is 4.06. The Kier molecular flexibility index (Phi) is 6.04.